The first-order valence-electron chi connectivity index (χ1n) is 27.0. The molecule has 3 atom stereocenters. The highest BCUT2D eigenvalue weighted by molar-refractivity contribution is 7.19. The van der Waals surface area contributed by atoms with Crippen LogP contribution in [0.3, 0.4) is 0 Å². The summed E-state index contributed by atoms with van der Waals surface area (Å²) in [6.45, 7) is 5.98. The van der Waals surface area contributed by atoms with Gasteiger partial charge >= 0.3 is 0 Å². The van der Waals surface area contributed by atoms with Crippen LogP contribution in [0.25, 0.3) is 48.3 Å². The molecule has 20 heteroatoms. The van der Waals surface area contributed by atoms with Gasteiger partial charge in [-0.1, -0.05) is 106 Å². The van der Waals surface area contributed by atoms with E-state index in [4.69, 9.17) is 49.8 Å². The number of thiazole rings is 3. The quantitative estimate of drug-likeness (QED) is 0.122. The predicted molar refractivity (Wildman–Crippen MR) is 332 cm³/mol. The van der Waals surface area contributed by atoms with Crippen LogP contribution in [0.5, 0.6) is 0 Å². The molecule has 3 aromatic carbocycles. The molecule has 15 rings (SSSR count). The molecular formula is C63H50Cl3N11O3S3. The van der Waals surface area contributed by atoms with Crippen molar-refractivity contribution in [3.63, 3.8) is 0 Å². The molecular weight excluding hydrogens is 1160 g/mol. The Kier molecular flexibility index (Phi) is 14.9. The number of hydrogen-bond acceptors (Lipinski definition) is 13. The highest BCUT2D eigenvalue weighted by Gasteiger charge is 2.34. The maximum absolute atomic E-state index is 12.6. The largest absolute Gasteiger partial charge is 0.411 e. The summed E-state index contributed by atoms with van der Waals surface area (Å²) in [5, 5.41) is 35.5. The predicted octanol–water partition coefficient (Wildman–Crippen LogP) is 16.3. The van der Waals surface area contributed by atoms with Crippen molar-refractivity contribution < 1.29 is 14.8 Å². The van der Waals surface area contributed by atoms with Gasteiger partial charge < -0.3 is 10.5 Å². The van der Waals surface area contributed by atoms with Crippen molar-refractivity contribution in [2.45, 2.75) is 77.0 Å². The monoisotopic (exact) mass is 1210 g/mol. The average Bonchev–Trinajstić information content (AvgIpc) is 2.93. The fraction of sp³-hybridized carbons (Fsp3) is 0.190. The topological polar surface area (TPSA) is 169 Å². The SMILES string of the molecule is Cc1nn2ccccc2c1-c1nc2c(s1)C(=NO)CCC2c1ccc(Cl)cc1.Cc1nn2ccccc2c1-c1nc2c(s1)C(=O)CCC2c1ccc(Cl)cc1.Cc1nn2ccccc2c1-c1nc2c(s1)NC(=O)CCC2c1ccc(Cl)cc1. The number of hydrogen-bond donors (Lipinski definition) is 2. The molecule has 9 aromatic heterocycles. The summed E-state index contributed by atoms with van der Waals surface area (Å²) in [6.07, 6.45) is 9.90. The van der Waals surface area contributed by atoms with Crippen LogP contribution in [-0.4, -0.2) is 66.4 Å². The number of aromatic nitrogens is 9. The van der Waals surface area contributed by atoms with Gasteiger partial charge in [0.15, 0.2) is 5.78 Å². The van der Waals surface area contributed by atoms with Gasteiger partial charge in [0.1, 0.15) is 20.0 Å². The van der Waals surface area contributed by atoms with Crippen molar-refractivity contribution in [3.8, 4) is 31.7 Å². The van der Waals surface area contributed by atoms with E-state index in [2.05, 4.69) is 37.9 Å². The zero-order valence-corrected chi connectivity index (χ0v) is 49.6. The number of carbonyl (C=O) groups excluding carboxylic acids is 2. The van der Waals surface area contributed by atoms with Crippen molar-refractivity contribution in [2.24, 2.45) is 5.16 Å². The van der Waals surface area contributed by atoms with Gasteiger partial charge in [-0.3, -0.25) is 9.59 Å². The molecule has 0 radical (unpaired) electrons. The standard InChI is InChI=1S/2C21H17ClN4OS.C21H16ClN3OS/c1-12-18(17-4-2-3-11-26(17)24-12)21-23-19-15(13-5-7-14(22)8-6-13)9-10-16(25-27)20(19)28-21;1-12-18(16-4-2-3-11-26(16)25-12)20-24-19-15(13-5-7-14(22)8-6-13)9-10-17(27)23-21(19)28-20;1-12-18(16-4-2-3-11-25(16)24-12)21-23-19-15(9-10-17(26)20(19)27-21)13-5-7-14(22)8-6-13/h2-8,11,15,27H,9-10H2,1H3;2-8,11,15H,9-10H2,1H3,(H,23,27);2-8,11,15H,9-10H2,1H3. The van der Waals surface area contributed by atoms with E-state index < -0.39 is 0 Å². The molecule has 83 heavy (non-hydrogen) atoms. The summed E-state index contributed by atoms with van der Waals surface area (Å²) in [4.78, 5) is 41.6. The van der Waals surface area contributed by atoms with Crippen LogP contribution in [0.1, 0.15) is 122 Å². The van der Waals surface area contributed by atoms with Gasteiger partial charge in [0.25, 0.3) is 0 Å². The van der Waals surface area contributed by atoms with Crippen LogP contribution < -0.4 is 5.32 Å². The second-order valence-corrected chi connectivity index (χ2v) is 24.9. The summed E-state index contributed by atoms with van der Waals surface area (Å²) in [5.74, 6) is 0.558. The third kappa shape index (κ3) is 10.4. The van der Waals surface area contributed by atoms with Gasteiger partial charge in [0.2, 0.25) is 5.91 Å². The Hall–Kier alpha value is -7.90. The Morgan fingerprint density at radius 2 is 0.880 bits per heavy atom. The smallest absolute Gasteiger partial charge is 0.225 e. The number of anilines is 1. The highest BCUT2D eigenvalue weighted by atomic mass is 35.5. The third-order valence-corrected chi connectivity index (χ3v) is 19.5. The molecule has 2 N–H and O–H groups in total. The van der Waals surface area contributed by atoms with Gasteiger partial charge in [-0.25, -0.2) is 28.5 Å². The molecule has 12 aromatic rings. The van der Waals surface area contributed by atoms with Crippen LogP contribution in [0.4, 0.5) is 5.00 Å². The van der Waals surface area contributed by atoms with Crippen molar-refractivity contribution in [1.82, 2.24) is 43.8 Å². The van der Waals surface area contributed by atoms with Crippen molar-refractivity contribution in [3.05, 3.63) is 222 Å². The van der Waals surface area contributed by atoms with E-state index in [0.717, 1.165) is 133 Å². The molecule has 3 aliphatic rings. The lowest BCUT2D eigenvalue weighted by Gasteiger charge is -2.22. The number of oxime groups is 1. The lowest BCUT2D eigenvalue weighted by molar-refractivity contribution is -0.116. The first-order valence-corrected chi connectivity index (χ1v) is 30.6. The van der Waals surface area contributed by atoms with Crippen LogP contribution in [0.2, 0.25) is 15.1 Å². The summed E-state index contributed by atoms with van der Waals surface area (Å²) >= 11 is 22.8. The number of aryl methyl sites for hydroxylation is 3. The molecule has 414 valence electrons. The molecule has 0 spiro atoms. The van der Waals surface area contributed by atoms with Crippen molar-refractivity contribution in [1.29, 1.82) is 0 Å². The molecule has 3 unspecified atom stereocenters. The first-order chi connectivity index (χ1) is 40.4. The van der Waals surface area contributed by atoms with E-state index >= 15 is 0 Å². The normalized spacial score (nSPS) is 17.1. The van der Waals surface area contributed by atoms with Crippen molar-refractivity contribution >= 4 is 108 Å². The zero-order chi connectivity index (χ0) is 57.0. The Morgan fingerprint density at radius 1 is 0.494 bits per heavy atom. The lowest BCUT2D eigenvalue weighted by Crippen LogP contribution is -2.16. The van der Waals surface area contributed by atoms with Crippen LogP contribution in [-0.2, 0) is 4.79 Å². The van der Waals surface area contributed by atoms with E-state index in [1.807, 2.05) is 168 Å². The molecule has 10 heterocycles. The number of carbonyl (C=O) groups is 2. The van der Waals surface area contributed by atoms with E-state index in [9.17, 15) is 14.8 Å². The van der Waals surface area contributed by atoms with Gasteiger partial charge in [0, 0.05) is 64.3 Å². The minimum atomic E-state index is 0.0319. The Bertz CT molecular complexity index is 4480. The molecule has 0 bridgehead atoms. The van der Waals surface area contributed by atoms with E-state index in [-0.39, 0.29) is 29.4 Å². The number of benzene rings is 3. The number of pyridine rings is 3. The van der Waals surface area contributed by atoms with Gasteiger partial charge in [-0.2, -0.15) is 15.3 Å². The summed E-state index contributed by atoms with van der Waals surface area (Å²) < 4.78 is 5.61. The fourth-order valence-electron chi connectivity index (χ4n) is 11.5. The summed E-state index contributed by atoms with van der Waals surface area (Å²) in [5.41, 5.74) is 15.8. The van der Waals surface area contributed by atoms with E-state index in [1.54, 1.807) is 11.3 Å². The molecule has 14 nitrogen and oxygen atoms in total. The number of fused-ring (bicyclic) bond motifs is 6. The Labute approximate surface area is 503 Å². The van der Waals surface area contributed by atoms with Crippen LogP contribution >= 0.6 is 68.8 Å². The third-order valence-electron chi connectivity index (χ3n) is 15.4. The van der Waals surface area contributed by atoms with Gasteiger partial charge in [-0.05, 0) is 136 Å². The number of nitrogens with zero attached hydrogens (tertiary/aromatic N) is 10. The first kappa shape index (κ1) is 54.4. The van der Waals surface area contributed by atoms with Gasteiger partial charge in [-0.15, -0.1) is 22.7 Å². The van der Waals surface area contributed by atoms with Crippen molar-refractivity contribution in [2.75, 3.05) is 5.32 Å². The summed E-state index contributed by atoms with van der Waals surface area (Å²) in [6, 6.07) is 41.6. The van der Waals surface area contributed by atoms with Crippen LogP contribution in [0, 0.1) is 20.8 Å². The lowest BCUT2D eigenvalue weighted by atomic mass is 9.84. The average molecular weight is 1210 g/mol. The minimum Gasteiger partial charge on any atom is -0.411 e. The molecule has 0 saturated carbocycles. The molecule has 2 aliphatic carbocycles. The van der Waals surface area contributed by atoms with E-state index in [0.29, 0.717) is 35.0 Å². The molecule has 1 aliphatic heterocycles. The second kappa shape index (κ2) is 22.7. The fourth-order valence-corrected chi connectivity index (χ4v) is 15.4. The molecule has 0 saturated heterocycles. The molecule has 1 amide bonds. The zero-order valence-electron chi connectivity index (χ0n) is 44.9. The summed E-state index contributed by atoms with van der Waals surface area (Å²) in [7, 11) is 0. The number of Topliss-reactive ketones (excluding diaryl/α,β-unsaturated/α-hetero) is 1. The van der Waals surface area contributed by atoms with E-state index in [1.165, 1.54) is 28.2 Å². The maximum atomic E-state index is 12.6. The highest BCUT2D eigenvalue weighted by Crippen LogP contribution is 2.47. The van der Waals surface area contributed by atoms with Crippen LogP contribution in [0.15, 0.2) is 151 Å². The Morgan fingerprint density at radius 3 is 1.34 bits per heavy atom. The number of nitrogens with one attached hydrogen (secondary N) is 1. The second-order valence-electron chi connectivity index (χ2n) is 20.6. The number of ketones is 1. The minimum absolute atomic E-state index is 0.0319. The Balaban J connectivity index is 0.000000117. The number of rotatable bonds is 6. The number of amides is 1. The molecule has 0 fully saturated rings. The number of halogens is 3. The maximum Gasteiger partial charge on any atom is 0.225 e. The van der Waals surface area contributed by atoms with Gasteiger partial charge in [0.05, 0.1) is 82.9 Å².